The van der Waals surface area contributed by atoms with Crippen LogP contribution in [0.25, 0.3) is 10.9 Å². The molecule has 0 bridgehead atoms. The molecule has 3 heterocycles. The van der Waals surface area contributed by atoms with E-state index in [1.165, 1.54) is 34.4 Å². The Bertz CT molecular complexity index is 729. The summed E-state index contributed by atoms with van der Waals surface area (Å²) in [7, 11) is 1.73. The number of ether oxygens (including phenoxy) is 1. The van der Waals surface area contributed by atoms with Crippen molar-refractivity contribution in [1.29, 1.82) is 0 Å². The zero-order valence-electron chi connectivity index (χ0n) is 12.7. The molecule has 0 aliphatic carbocycles. The maximum Gasteiger partial charge on any atom is 0.148 e. The summed E-state index contributed by atoms with van der Waals surface area (Å²) in [4.78, 5) is 7.28. The predicted octanol–water partition coefficient (Wildman–Crippen LogP) is 2.68. The van der Waals surface area contributed by atoms with Crippen LogP contribution in [0.5, 0.6) is 5.75 Å². The van der Waals surface area contributed by atoms with Gasteiger partial charge in [0.05, 0.1) is 12.8 Å². The minimum Gasteiger partial charge on any atom is -0.497 e. The fourth-order valence-corrected chi connectivity index (χ4v) is 3.68. The molecule has 110 valence electrons. The molecule has 0 radical (unpaired) electrons. The second-order valence-corrected chi connectivity index (χ2v) is 5.80. The lowest BCUT2D eigenvalue weighted by Gasteiger charge is -2.34. The predicted molar refractivity (Wildman–Crippen MR) is 85.5 cm³/mol. The summed E-state index contributed by atoms with van der Waals surface area (Å²) >= 11 is 0. The molecule has 4 heteroatoms. The highest BCUT2D eigenvalue weighted by Gasteiger charge is 2.30. The minimum absolute atomic E-state index is 0.902. The van der Waals surface area contributed by atoms with E-state index in [1.54, 1.807) is 7.11 Å². The Morgan fingerprint density at radius 1 is 1.29 bits per heavy atom. The van der Waals surface area contributed by atoms with Crippen molar-refractivity contribution in [1.82, 2.24) is 9.47 Å². The summed E-state index contributed by atoms with van der Waals surface area (Å²) < 4.78 is 7.86. The molecular weight excluding hydrogens is 262 g/mol. The van der Waals surface area contributed by atoms with Crippen LogP contribution in [0, 0.1) is 0 Å². The van der Waals surface area contributed by atoms with E-state index >= 15 is 0 Å². The van der Waals surface area contributed by atoms with Crippen LogP contribution in [-0.4, -0.2) is 42.0 Å². The first-order valence-corrected chi connectivity index (χ1v) is 7.82. The van der Waals surface area contributed by atoms with Gasteiger partial charge in [-0.15, -0.1) is 0 Å². The molecule has 0 amide bonds. The molecular formula is C17H21N3O. The van der Waals surface area contributed by atoms with E-state index < -0.39 is 0 Å². The van der Waals surface area contributed by atoms with Crippen LogP contribution in [-0.2, 0) is 13.0 Å². The lowest BCUT2D eigenvalue weighted by atomic mass is 10.0. The molecule has 0 N–H and O–H groups in total. The quantitative estimate of drug-likeness (QED) is 0.867. The summed E-state index contributed by atoms with van der Waals surface area (Å²) in [6.07, 6.45) is 2.21. The van der Waals surface area contributed by atoms with E-state index in [1.807, 2.05) is 0 Å². The molecule has 4 nitrogen and oxygen atoms in total. The smallest absolute Gasteiger partial charge is 0.148 e. The Kier molecular flexibility index (Phi) is 2.91. The maximum atomic E-state index is 5.41. The number of amidine groups is 1. The normalized spacial score (nSPS) is 16.9. The highest BCUT2D eigenvalue weighted by atomic mass is 16.5. The first kappa shape index (κ1) is 12.7. The van der Waals surface area contributed by atoms with Crippen LogP contribution >= 0.6 is 0 Å². The van der Waals surface area contributed by atoms with Gasteiger partial charge in [-0.2, -0.15) is 0 Å². The Morgan fingerprint density at radius 2 is 2.19 bits per heavy atom. The van der Waals surface area contributed by atoms with Crippen LogP contribution in [0.4, 0.5) is 0 Å². The van der Waals surface area contributed by atoms with Crippen LogP contribution in [0.2, 0.25) is 0 Å². The summed E-state index contributed by atoms with van der Waals surface area (Å²) in [5.41, 5.74) is 4.13. The number of rotatable bonds is 3. The maximum absolute atomic E-state index is 5.41. The largest absolute Gasteiger partial charge is 0.497 e. The molecule has 1 aromatic carbocycles. The van der Waals surface area contributed by atoms with E-state index in [-0.39, 0.29) is 0 Å². The number of nitrogens with zero attached hydrogens (tertiary/aromatic N) is 3. The van der Waals surface area contributed by atoms with E-state index in [4.69, 9.17) is 9.73 Å². The van der Waals surface area contributed by atoms with Crippen molar-refractivity contribution < 1.29 is 4.74 Å². The van der Waals surface area contributed by atoms with Crippen molar-refractivity contribution in [2.24, 2.45) is 4.99 Å². The fourth-order valence-electron chi connectivity index (χ4n) is 3.68. The highest BCUT2D eigenvalue weighted by molar-refractivity contribution is 6.06. The van der Waals surface area contributed by atoms with Crippen LogP contribution in [0.15, 0.2) is 23.2 Å². The van der Waals surface area contributed by atoms with Crippen molar-refractivity contribution in [3.63, 3.8) is 0 Å². The zero-order chi connectivity index (χ0) is 14.4. The number of aliphatic imine (C=N–C) groups is 1. The van der Waals surface area contributed by atoms with Crippen molar-refractivity contribution >= 4 is 16.7 Å². The number of hydrogen-bond acceptors (Lipinski definition) is 3. The number of aromatic nitrogens is 1. The lowest BCUT2D eigenvalue weighted by Crippen LogP contribution is -2.42. The Hall–Kier alpha value is -1.97. The zero-order valence-corrected chi connectivity index (χ0v) is 12.7. The molecule has 1 aromatic heterocycles. The average Bonchev–Trinajstić information content (AvgIpc) is 2.85. The second kappa shape index (κ2) is 4.79. The minimum atomic E-state index is 0.902. The molecule has 2 aliphatic rings. The molecule has 0 atom stereocenters. The van der Waals surface area contributed by atoms with E-state index in [0.29, 0.717) is 0 Å². The summed E-state index contributed by atoms with van der Waals surface area (Å²) in [5, 5.41) is 1.34. The van der Waals surface area contributed by atoms with Crippen molar-refractivity contribution in [2.45, 2.75) is 26.3 Å². The molecule has 0 fully saturated rings. The van der Waals surface area contributed by atoms with Crippen molar-refractivity contribution in [2.75, 3.05) is 26.7 Å². The van der Waals surface area contributed by atoms with Gasteiger partial charge >= 0.3 is 0 Å². The van der Waals surface area contributed by atoms with E-state index in [9.17, 15) is 0 Å². The first-order chi connectivity index (χ1) is 10.3. The Balaban J connectivity index is 1.94. The van der Waals surface area contributed by atoms with Gasteiger partial charge in [-0.1, -0.05) is 6.92 Å². The SMILES string of the molecule is CCCN1CCn2c3c(c4cc(OC)ccc42)CCN=C31. The number of methoxy groups -OCH3 is 1. The lowest BCUT2D eigenvalue weighted by molar-refractivity contribution is 0.372. The summed E-state index contributed by atoms with van der Waals surface area (Å²) in [6, 6.07) is 6.44. The molecule has 0 spiro atoms. The number of benzene rings is 1. The first-order valence-electron chi connectivity index (χ1n) is 7.82. The fraction of sp³-hybridized carbons (Fsp3) is 0.471. The van der Waals surface area contributed by atoms with Crippen molar-refractivity contribution in [3.05, 3.63) is 29.5 Å². The molecule has 4 rings (SSSR count). The van der Waals surface area contributed by atoms with Gasteiger partial charge in [-0.05, 0) is 36.6 Å². The summed E-state index contributed by atoms with van der Waals surface area (Å²) in [6.45, 7) is 6.35. The second-order valence-electron chi connectivity index (χ2n) is 5.80. The van der Waals surface area contributed by atoms with E-state index in [0.717, 1.165) is 38.3 Å². The standard InChI is InChI=1S/C17H21N3O/c1-3-8-19-9-10-20-15-5-4-12(21-2)11-14(15)13-6-7-18-17(19)16(13)20/h4-5,11H,3,6-10H2,1-2H3. The molecule has 0 saturated heterocycles. The third-order valence-electron chi connectivity index (χ3n) is 4.60. The summed E-state index contributed by atoms with van der Waals surface area (Å²) in [5.74, 6) is 2.15. The molecule has 0 saturated carbocycles. The Morgan fingerprint density at radius 3 is 3.00 bits per heavy atom. The van der Waals surface area contributed by atoms with E-state index in [2.05, 4.69) is 34.6 Å². The van der Waals surface area contributed by atoms with Crippen LogP contribution in [0.1, 0.15) is 24.6 Å². The van der Waals surface area contributed by atoms with Gasteiger partial charge in [0.25, 0.3) is 0 Å². The average molecular weight is 283 g/mol. The number of fused-ring (bicyclic) bond motifs is 3. The highest BCUT2D eigenvalue weighted by Crippen LogP contribution is 2.34. The van der Waals surface area contributed by atoms with Gasteiger partial charge in [0, 0.05) is 37.1 Å². The molecule has 2 aliphatic heterocycles. The van der Waals surface area contributed by atoms with Gasteiger partial charge in [0.2, 0.25) is 0 Å². The third kappa shape index (κ3) is 1.78. The van der Waals surface area contributed by atoms with Gasteiger partial charge in [-0.25, -0.2) is 0 Å². The van der Waals surface area contributed by atoms with Gasteiger partial charge < -0.3 is 14.2 Å². The van der Waals surface area contributed by atoms with Crippen molar-refractivity contribution in [3.8, 4) is 5.75 Å². The molecule has 0 unspecified atom stereocenters. The monoisotopic (exact) mass is 283 g/mol. The topological polar surface area (TPSA) is 29.8 Å². The van der Waals surface area contributed by atoms with Crippen LogP contribution < -0.4 is 4.74 Å². The van der Waals surface area contributed by atoms with Gasteiger partial charge in [-0.3, -0.25) is 4.99 Å². The van der Waals surface area contributed by atoms with Gasteiger partial charge in [0.15, 0.2) is 0 Å². The Labute approximate surface area is 125 Å². The molecule has 2 aromatic rings. The van der Waals surface area contributed by atoms with Crippen LogP contribution in [0.3, 0.4) is 0 Å². The third-order valence-corrected chi connectivity index (χ3v) is 4.60. The number of hydrogen-bond donors (Lipinski definition) is 0. The van der Waals surface area contributed by atoms with Gasteiger partial charge in [0.1, 0.15) is 11.6 Å². The molecule has 21 heavy (non-hydrogen) atoms.